The second-order valence-corrected chi connectivity index (χ2v) is 3.55. The number of methoxy groups -OCH3 is 1. The third kappa shape index (κ3) is 3.72. The molecule has 1 N–H and O–H groups in total. The fraction of sp³-hybridized carbons (Fsp3) is 0.500. The van der Waals surface area contributed by atoms with Crippen LogP contribution in [0.5, 0.6) is 0 Å². The molecule has 6 heteroatoms. The van der Waals surface area contributed by atoms with Crippen molar-refractivity contribution >= 4 is 12.3 Å². The number of rotatable bonds is 5. The van der Waals surface area contributed by atoms with Crippen LogP contribution >= 0.6 is 0 Å². The summed E-state index contributed by atoms with van der Waals surface area (Å²) >= 11 is 0. The van der Waals surface area contributed by atoms with E-state index in [-0.39, 0.29) is 5.97 Å². The molecule has 88 valence electrons. The van der Waals surface area contributed by atoms with Gasteiger partial charge in [-0.3, -0.25) is 4.99 Å². The number of carbonyl (C=O) groups is 1. The first-order valence-corrected chi connectivity index (χ1v) is 4.88. The number of nitrogens with one attached hydrogen (secondary N) is 1. The lowest BCUT2D eigenvalue weighted by atomic mass is 10.2. The van der Waals surface area contributed by atoms with E-state index in [2.05, 4.69) is 19.7 Å². The minimum Gasteiger partial charge on any atom is -0.467 e. The van der Waals surface area contributed by atoms with E-state index in [1.807, 2.05) is 14.1 Å². The van der Waals surface area contributed by atoms with E-state index in [1.165, 1.54) is 7.11 Å². The molecule has 0 saturated carbocycles. The second kappa shape index (κ2) is 5.89. The zero-order chi connectivity index (χ0) is 12.0. The van der Waals surface area contributed by atoms with Crippen molar-refractivity contribution < 1.29 is 9.53 Å². The molecule has 0 aromatic carbocycles. The summed E-state index contributed by atoms with van der Waals surface area (Å²) < 4.78 is 4.69. The van der Waals surface area contributed by atoms with Crippen LogP contribution in [0.1, 0.15) is 5.69 Å². The van der Waals surface area contributed by atoms with Crippen LogP contribution in [0.25, 0.3) is 0 Å². The van der Waals surface area contributed by atoms with Gasteiger partial charge in [0.2, 0.25) is 0 Å². The number of aliphatic imine (C=N–C) groups is 1. The van der Waals surface area contributed by atoms with Crippen molar-refractivity contribution in [2.24, 2.45) is 4.99 Å². The lowest BCUT2D eigenvalue weighted by Crippen LogP contribution is -2.24. The lowest BCUT2D eigenvalue weighted by molar-refractivity contribution is -0.142. The Bertz CT molecular complexity index is 346. The van der Waals surface area contributed by atoms with E-state index in [4.69, 9.17) is 0 Å². The van der Waals surface area contributed by atoms with Gasteiger partial charge in [-0.25, -0.2) is 9.78 Å². The molecule has 0 bridgehead atoms. The lowest BCUT2D eigenvalue weighted by Gasteiger charge is -2.10. The van der Waals surface area contributed by atoms with Crippen molar-refractivity contribution in [2.75, 3.05) is 21.2 Å². The molecule has 16 heavy (non-hydrogen) atoms. The van der Waals surface area contributed by atoms with E-state index in [9.17, 15) is 4.79 Å². The van der Waals surface area contributed by atoms with Crippen LogP contribution in [0.3, 0.4) is 0 Å². The van der Waals surface area contributed by atoms with Crippen LogP contribution in [0.15, 0.2) is 17.5 Å². The zero-order valence-corrected chi connectivity index (χ0v) is 9.67. The molecular formula is C10H16N4O2. The Morgan fingerprint density at radius 1 is 1.75 bits per heavy atom. The molecule has 1 atom stereocenters. The summed E-state index contributed by atoms with van der Waals surface area (Å²) in [4.78, 5) is 24.2. The zero-order valence-electron chi connectivity index (χ0n) is 9.67. The van der Waals surface area contributed by atoms with Crippen LogP contribution in [-0.4, -0.2) is 54.4 Å². The van der Waals surface area contributed by atoms with Gasteiger partial charge >= 0.3 is 5.97 Å². The van der Waals surface area contributed by atoms with Crippen LogP contribution in [-0.2, 0) is 16.0 Å². The Hall–Kier alpha value is -1.85. The Balaban J connectivity index is 2.68. The number of hydrogen-bond acceptors (Lipinski definition) is 4. The molecule has 0 saturated heterocycles. The van der Waals surface area contributed by atoms with Crippen LogP contribution in [0.2, 0.25) is 0 Å². The molecule has 1 rings (SSSR count). The van der Waals surface area contributed by atoms with Crippen molar-refractivity contribution in [1.82, 2.24) is 14.9 Å². The summed E-state index contributed by atoms with van der Waals surface area (Å²) in [6.07, 6.45) is 5.29. The molecule has 1 aromatic rings. The summed E-state index contributed by atoms with van der Waals surface area (Å²) in [7, 11) is 5.04. The average Bonchev–Trinajstić information content (AvgIpc) is 2.75. The van der Waals surface area contributed by atoms with Gasteiger partial charge in [0, 0.05) is 32.4 Å². The summed E-state index contributed by atoms with van der Waals surface area (Å²) in [5.41, 5.74) is 0.853. The first-order valence-electron chi connectivity index (χ1n) is 4.88. The molecule has 1 heterocycles. The molecule has 6 nitrogen and oxygen atoms in total. The number of hydrogen-bond donors (Lipinski definition) is 1. The first-order chi connectivity index (χ1) is 7.63. The third-order valence-electron chi connectivity index (χ3n) is 1.92. The maximum absolute atomic E-state index is 11.5. The normalized spacial score (nSPS) is 12.7. The Kier molecular flexibility index (Phi) is 4.50. The number of H-pyrrole nitrogens is 1. The smallest absolute Gasteiger partial charge is 0.331 e. The largest absolute Gasteiger partial charge is 0.467 e. The monoisotopic (exact) mass is 224 g/mol. The van der Waals surface area contributed by atoms with Gasteiger partial charge in [0.05, 0.1) is 19.8 Å². The standard InChI is InChI=1S/C10H16N4O2/c1-14(2)7-13-9(10(15)16-3)4-8-5-11-6-12-8/h5-7,9H,4H2,1-3H3,(H,11,12)/t9-/m0/s1. The minimum absolute atomic E-state index is 0.354. The van der Waals surface area contributed by atoms with Gasteiger partial charge in [0.25, 0.3) is 0 Å². The van der Waals surface area contributed by atoms with Crippen molar-refractivity contribution in [1.29, 1.82) is 0 Å². The quantitative estimate of drug-likeness (QED) is 0.437. The van der Waals surface area contributed by atoms with Crippen LogP contribution in [0, 0.1) is 0 Å². The van der Waals surface area contributed by atoms with Gasteiger partial charge in [-0.1, -0.05) is 0 Å². The van der Waals surface area contributed by atoms with E-state index < -0.39 is 6.04 Å². The highest BCUT2D eigenvalue weighted by atomic mass is 16.5. The van der Waals surface area contributed by atoms with Crippen molar-refractivity contribution in [3.05, 3.63) is 18.2 Å². The van der Waals surface area contributed by atoms with E-state index in [0.29, 0.717) is 6.42 Å². The van der Waals surface area contributed by atoms with Gasteiger partial charge in [-0.15, -0.1) is 0 Å². The van der Waals surface area contributed by atoms with Crippen molar-refractivity contribution in [2.45, 2.75) is 12.5 Å². The van der Waals surface area contributed by atoms with Gasteiger partial charge < -0.3 is 14.6 Å². The topological polar surface area (TPSA) is 70.6 Å². The number of aromatic nitrogens is 2. The summed E-state index contributed by atoms with van der Waals surface area (Å²) in [5, 5.41) is 0. The molecule has 0 aliphatic carbocycles. The molecule has 0 radical (unpaired) electrons. The fourth-order valence-electron chi connectivity index (χ4n) is 1.15. The number of nitrogens with zero attached hydrogens (tertiary/aromatic N) is 3. The molecule has 0 aliphatic rings. The van der Waals surface area contributed by atoms with Gasteiger partial charge in [0.1, 0.15) is 0 Å². The SMILES string of the molecule is COC(=O)[C@H](Cc1cnc[nH]1)N=CN(C)C. The summed E-state index contributed by atoms with van der Waals surface area (Å²) in [5.74, 6) is -0.354. The highest BCUT2D eigenvalue weighted by Crippen LogP contribution is 2.03. The maximum atomic E-state index is 11.5. The Morgan fingerprint density at radius 3 is 3.00 bits per heavy atom. The average molecular weight is 224 g/mol. The number of ether oxygens (including phenoxy) is 1. The number of aromatic amines is 1. The molecule has 0 unspecified atom stereocenters. The van der Waals surface area contributed by atoms with Crippen molar-refractivity contribution in [3.8, 4) is 0 Å². The minimum atomic E-state index is -0.534. The fourth-order valence-corrected chi connectivity index (χ4v) is 1.15. The predicted molar refractivity (Wildman–Crippen MR) is 60.3 cm³/mol. The van der Waals surface area contributed by atoms with Crippen molar-refractivity contribution in [3.63, 3.8) is 0 Å². The summed E-state index contributed by atoms with van der Waals surface area (Å²) in [6.45, 7) is 0. The summed E-state index contributed by atoms with van der Waals surface area (Å²) in [6, 6.07) is -0.534. The molecule has 0 spiro atoms. The molecule has 0 amide bonds. The maximum Gasteiger partial charge on any atom is 0.331 e. The first kappa shape index (κ1) is 12.2. The van der Waals surface area contributed by atoms with Gasteiger partial charge in [-0.05, 0) is 0 Å². The predicted octanol–water partition coefficient (Wildman–Crippen LogP) is 0.0837. The molecule has 0 fully saturated rings. The van der Waals surface area contributed by atoms with Crippen LogP contribution < -0.4 is 0 Å². The highest BCUT2D eigenvalue weighted by Gasteiger charge is 2.18. The molecule has 0 aliphatic heterocycles. The second-order valence-electron chi connectivity index (χ2n) is 3.55. The Labute approximate surface area is 94.3 Å². The van der Waals surface area contributed by atoms with E-state index in [1.54, 1.807) is 23.8 Å². The number of carbonyl (C=O) groups excluding carboxylic acids is 1. The number of imidazole rings is 1. The number of esters is 1. The third-order valence-corrected chi connectivity index (χ3v) is 1.92. The highest BCUT2D eigenvalue weighted by molar-refractivity contribution is 5.78. The van der Waals surface area contributed by atoms with Gasteiger partial charge in [0.15, 0.2) is 6.04 Å². The molecular weight excluding hydrogens is 208 g/mol. The van der Waals surface area contributed by atoms with E-state index in [0.717, 1.165) is 5.69 Å². The van der Waals surface area contributed by atoms with Crippen LogP contribution in [0.4, 0.5) is 0 Å². The Morgan fingerprint density at radius 2 is 2.50 bits per heavy atom. The molecule has 1 aromatic heterocycles. The van der Waals surface area contributed by atoms with Gasteiger partial charge in [-0.2, -0.15) is 0 Å². The van der Waals surface area contributed by atoms with E-state index >= 15 is 0 Å².